The van der Waals surface area contributed by atoms with E-state index in [1.54, 1.807) is 6.07 Å². The zero-order valence-electron chi connectivity index (χ0n) is 11.2. The predicted octanol–water partition coefficient (Wildman–Crippen LogP) is 4.72. The second kappa shape index (κ2) is 6.30. The van der Waals surface area contributed by atoms with Crippen molar-refractivity contribution in [3.63, 3.8) is 0 Å². The lowest BCUT2D eigenvalue weighted by Crippen LogP contribution is -2.05. The Labute approximate surface area is 124 Å². The minimum Gasteiger partial charge on any atom is -0.489 e. The van der Waals surface area contributed by atoms with Crippen molar-refractivity contribution in [3.8, 4) is 5.75 Å². The number of carbonyl (C=O) groups is 1. The number of rotatable bonds is 5. The van der Waals surface area contributed by atoms with Crippen LogP contribution in [-0.2, 0) is 19.2 Å². The Bertz CT molecular complexity index is 632. The van der Waals surface area contributed by atoms with Gasteiger partial charge in [-0.2, -0.15) is 13.2 Å². The van der Waals surface area contributed by atoms with Gasteiger partial charge in [0.15, 0.2) is 6.29 Å². The summed E-state index contributed by atoms with van der Waals surface area (Å²) in [6.45, 7) is 2.10. The molecule has 0 bridgehead atoms. The molecule has 0 fully saturated rings. The number of benzene rings is 1. The van der Waals surface area contributed by atoms with Gasteiger partial charge < -0.3 is 4.74 Å². The Morgan fingerprint density at radius 1 is 1.29 bits per heavy atom. The van der Waals surface area contributed by atoms with Gasteiger partial charge in [0.2, 0.25) is 0 Å². The monoisotopic (exact) mass is 314 g/mol. The molecule has 2 nitrogen and oxygen atoms in total. The molecule has 0 unspecified atom stereocenters. The van der Waals surface area contributed by atoms with Crippen molar-refractivity contribution in [2.45, 2.75) is 26.1 Å². The van der Waals surface area contributed by atoms with Crippen LogP contribution < -0.4 is 4.74 Å². The fourth-order valence-corrected chi connectivity index (χ4v) is 2.82. The third kappa shape index (κ3) is 3.85. The molecule has 0 aliphatic heterocycles. The molecule has 0 aliphatic carbocycles. The van der Waals surface area contributed by atoms with Gasteiger partial charge in [-0.15, -0.1) is 11.3 Å². The molecule has 6 heteroatoms. The summed E-state index contributed by atoms with van der Waals surface area (Å²) in [7, 11) is 0. The summed E-state index contributed by atoms with van der Waals surface area (Å²) in [5.41, 5.74) is 0.0941. The van der Waals surface area contributed by atoms with E-state index in [9.17, 15) is 18.0 Å². The molecule has 0 radical (unpaired) electrons. The average molecular weight is 314 g/mol. The van der Waals surface area contributed by atoms with E-state index in [1.165, 1.54) is 23.5 Å². The van der Waals surface area contributed by atoms with Crippen molar-refractivity contribution in [3.05, 3.63) is 51.2 Å². The van der Waals surface area contributed by atoms with E-state index in [2.05, 4.69) is 0 Å². The number of alkyl halides is 3. The summed E-state index contributed by atoms with van der Waals surface area (Å²) in [6, 6.07) is 6.47. The highest BCUT2D eigenvalue weighted by Crippen LogP contribution is 2.31. The van der Waals surface area contributed by atoms with Crippen molar-refractivity contribution >= 4 is 17.6 Å². The van der Waals surface area contributed by atoms with Crippen LogP contribution >= 0.6 is 11.3 Å². The van der Waals surface area contributed by atoms with Crippen molar-refractivity contribution in [1.29, 1.82) is 0 Å². The van der Waals surface area contributed by atoms with Crippen LogP contribution in [0.2, 0.25) is 0 Å². The van der Waals surface area contributed by atoms with Crippen LogP contribution in [0.3, 0.4) is 0 Å². The molecule has 1 heterocycles. The van der Waals surface area contributed by atoms with Crippen LogP contribution in [0.1, 0.15) is 32.6 Å². The lowest BCUT2D eigenvalue weighted by molar-refractivity contribution is -0.137. The van der Waals surface area contributed by atoms with Gasteiger partial charge in [-0.25, -0.2) is 0 Å². The molecule has 0 amide bonds. The molecular formula is C15H13F3O2S. The Balaban J connectivity index is 2.13. The largest absolute Gasteiger partial charge is 0.489 e. The van der Waals surface area contributed by atoms with Crippen molar-refractivity contribution in [2.75, 3.05) is 0 Å². The lowest BCUT2D eigenvalue weighted by atomic mass is 10.2. The van der Waals surface area contributed by atoms with Crippen molar-refractivity contribution in [2.24, 2.45) is 0 Å². The quantitative estimate of drug-likeness (QED) is 0.746. The molecule has 0 N–H and O–H groups in total. The Kier molecular flexibility index (Phi) is 4.67. The topological polar surface area (TPSA) is 26.3 Å². The van der Waals surface area contributed by atoms with Crippen LogP contribution in [-0.4, -0.2) is 6.29 Å². The number of carbonyl (C=O) groups excluding carboxylic acids is 1. The molecule has 1 aromatic heterocycles. The second-order valence-corrected chi connectivity index (χ2v) is 5.55. The van der Waals surface area contributed by atoms with Gasteiger partial charge in [-0.3, -0.25) is 4.79 Å². The van der Waals surface area contributed by atoms with E-state index in [1.807, 2.05) is 6.92 Å². The first-order chi connectivity index (χ1) is 9.94. The van der Waals surface area contributed by atoms with Gasteiger partial charge in [-0.05, 0) is 30.7 Å². The summed E-state index contributed by atoms with van der Waals surface area (Å²) in [5, 5.41) is 0. The fourth-order valence-electron chi connectivity index (χ4n) is 1.89. The first kappa shape index (κ1) is 15.6. The number of thiophene rings is 1. The Morgan fingerprint density at radius 3 is 2.67 bits per heavy atom. The summed E-state index contributed by atoms with van der Waals surface area (Å²) in [4.78, 5) is 12.4. The molecule has 112 valence electrons. The first-order valence-corrected chi connectivity index (χ1v) is 7.12. The van der Waals surface area contributed by atoms with E-state index in [0.717, 1.165) is 35.3 Å². The zero-order chi connectivity index (χ0) is 15.5. The minimum atomic E-state index is -4.39. The number of aldehydes is 1. The van der Waals surface area contributed by atoms with E-state index in [0.29, 0.717) is 4.88 Å². The van der Waals surface area contributed by atoms with E-state index < -0.39 is 11.7 Å². The van der Waals surface area contributed by atoms with Gasteiger partial charge in [-0.1, -0.05) is 13.0 Å². The molecule has 1 aromatic carbocycles. The average Bonchev–Trinajstić information content (AvgIpc) is 2.87. The van der Waals surface area contributed by atoms with Gasteiger partial charge >= 0.3 is 6.18 Å². The molecule has 0 atom stereocenters. The zero-order valence-corrected chi connectivity index (χ0v) is 12.1. The normalized spacial score (nSPS) is 11.4. The van der Waals surface area contributed by atoms with Gasteiger partial charge in [0, 0.05) is 10.4 Å². The molecule has 0 saturated carbocycles. The maximum Gasteiger partial charge on any atom is 0.416 e. The van der Waals surface area contributed by atoms with Crippen molar-refractivity contribution in [1.82, 2.24) is 0 Å². The van der Waals surface area contributed by atoms with Crippen LogP contribution in [0.25, 0.3) is 0 Å². The van der Waals surface area contributed by atoms with Gasteiger partial charge in [0.1, 0.15) is 12.4 Å². The molecular weight excluding hydrogens is 301 g/mol. The third-order valence-corrected chi connectivity index (χ3v) is 4.16. The van der Waals surface area contributed by atoms with Gasteiger partial charge in [0.25, 0.3) is 0 Å². The molecule has 2 rings (SSSR count). The highest BCUT2D eigenvalue weighted by molar-refractivity contribution is 7.13. The number of hydrogen-bond donors (Lipinski definition) is 0. The highest BCUT2D eigenvalue weighted by Gasteiger charge is 2.30. The van der Waals surface area contributed by atoms with Crippen LogP contribution in [0.5, 0.6) is 5.75 Å². The van der Waals surface area contributed by atoms with Crippen LogP contribution in [0, 0.1) is 0 Å². The van der Waals surface area contributed by atoms with E-state index in [4.69, 9.17) is 4.74 Å². The SMILES string of the molecule is CCc1sc(C=O)cc1COc1cccc(C(F)(F)F)c1. The molecule has 0 saturated heterocycles. The number of halogens is 3. The third-order valence-electron chi connectivity index (χ3n) is 2.91. The maximum atomic E-state index is 12.6. The first-order valence-electron chi connectivity index (χ1n) is 6.31. The van der Waals surface area contributed by atoms with Gasteiger partial charge in [0.05, 0.1) is 10.4 Å². The maximum absolute atomic E-state index is 12.6. The molecule has 0 aliphatic rings. The number of hydrogen-bond acceptors (Lipinski definition) is 3. The summed E-state index contributed by atoms with van der Waals surface area (Å²) in [6.07, 6.45) is -2.88. The Hall–Kier alpha value is -1.82. The lowest BCUT2D eigenvalue weighted by Gasteiger charge is -2.10. The standard InChI is InChI=1S/C15H13F3O2S/c1-2-14-10(6-13(8-19)21-14)9-20-12-5-3-4-11(7-12)15(16,17)18/h3-8H,2,9H2,1H3. The smallest absolute Gasteiger partial charge is 0.416 e. The Morgan fingerprint density at radius 2 is 2.05 bits per heavy atom. The second-order valence-electron chi connectivity index (χ2n) is 4.38. The number of aryl methyl sites for hydroxylation is 1. The summed E-state index contributed by atoms with van der Waals surface area (Å²) >= 11 is 1.37. The highest BCUT2D eigenvalue weighted by atomic mass is 32.1. The predicted molar refractivity (Wildman–Crippen MR) is 74.9 cm³/mol. The number of ether oxygens (including phenoxy) is 1. The fraction of sp³-hybridized carbons (Fsp3) is 0.267. The summed E-state index contributed by atoms with van der Waals surface area (Å²) in [5.74, 6) is 0.158. The molecule has 21 heavy (non-hydrogen) atoms. The molecule has 0 spiro atoms. The molecule has 2 aromatic rings. The van der Waals surface area contributed by atoms with Crippen molar-refractivity contribution < 1.29 is 22.7 Å². The van der Waals surface area contributed by atoms with Crippen LogP contribution in [0.4, 0.5) is 13.2 Å². The minimum absolute atomic E-state index is 0.148. The van der Waals surface area contributed by atoms with Crippen LogP contribution in [0.15, 0.2) is 30.3 Å². The summed E-state index contributed by atoms with van der Waals surface area (Å²) < 4.78 is 43.2. The van der Waals surface area contributed by atoms with E-state index in [-0.39, 0.29) is 12.4 Å². The van der Waals surface area contributed by atoms with E-state index >= 15 is 0 Å².